The monoisotopic (exact) mass is 516 g/mol. The Morgan fingerprint density at radius 3 is 2.22 bits per heavy atom. The molecule has 0 aromatic carbocycles. The zero-order valence-electron chi connectivity index (χ0n) is 24.0. The minimum Gasteiger partial charge on any atom is -0.468 e. The van der Waals surface area contributed by atoms with Gasteiger partial charge in [0.25, 0.3) is 0 Å². The number of esters is 2. The van der Waals surface area contributed by atoms with Crippen LogP contribution in [0.25, 0.3) is 0 Å². The third-order valence-electron chi connectivity index (χ3n) is 11.2. The summed E-state index contributed by atoms with van der Waals surface area (Å²) in [5, 5.41) is 0.159. The molecule has 0 N–H and O–H groups in total. The fourth-order valence-corrected chi connectivity index (χ4v) is 9.48. The summed E-state index contributed by atoms with van der Waals surface area (Å²) in [4.78, 5) is 26.1. The lowest BCUT2D eigenvalue weighted by atomic mass is 9.45. The first kappa shape index (κ1) is 27.6. The summed E-state index contributed by atoms with van der Waals surface area (Å²) in [6.45, 7) is 16.5. The average molecular weight is 517 g/mol. The molecule has 0 radical (unpaired) electrons. The molecular formula is C30H48O5Si. The van der Waals surface area contributed by atoms with E-state index in [0.29, 0.717) is 11.8 Å². The van der Waals surface area contributed by atoms with Gasteiger partial charge in [0.05, 0.1) is 20.3 Å². The third-order valence-corrected chi connectivity index (χ3v) is 15.7. The second kappa shape index (κ2) is 9.41. The third kappa shape index (κ3) is 4.24. The van der Waals surface area contributed by atoms with Gasteiger partial charge in [0.1, 0.15) is 0 Å². The van der Waals surface area contributed by atoms with Crippen molar-refractivity contribution in [2.45, 2.75) is 97.4 Å². The first-order chi connectivity index (χ1) is 16.7. The van der Waals surface area contributed by atoms with Crippen molar-refractivity contribution in [3.63, 3.8) is 0 Å². The van der Waals surface area contributed by atoms with Crippen LogP contribution in [-0.4, -0.2) is 40.6 Å². The quantitative estimate of drug-likeness (QED) is 0.231. The fourth-order valence-electron chi connectivity index (χ4n) is 8.03. The zero-order chi connectivity index (χ0) is 26.7. The van der Waals surface area contributed by atoms with Crippen LogP contribution in [0.2, 0.25) is 18.1 Å². The van der Waals surface area contributed by atoms with E-state index in [9.17, 15) is 9.59 Å². The van der Waals surface area contributed by atoms with Crippen molar-refractivity contribution in [3.05, 3.63) is 23.8 Å². The highest BCUT2D eigenvalue weighted by Crippen LogP contribution is 2.67. The van der Waals surface area contributed by atoms with Gasteiger partial charge in [-0.1, -0.05) is 52.8 Å². The highest BCUT2D eigenvalue weighted by atomic mass is 28.4. The van der Waals surface area contributed by atoms with Gasteiger partial charge in [-0.3, -0.25) is 9.59 Å². The summed E-state index contributed by atoms with van der Waals surface area (Å²) in [6.07, 6.45) is 13.5. The summed E-state index contributed by atoms with van der Waals surface area (Å²) in [5.74, 6) is -1.07. The number of methoxy groups -OCH3 is 2. The maximum atomic E-state index is 13.1. The molecule has 0 aromatic rings. The molecule has 0 unspecified atom stereocenters. The van der Waals surface area contributed by atoms with E-state index in [1.165, 1.54) is 19.8 Å². The Kier molecular flexibility index (Phi) is 7.22. The second-order valence-corrected chi connectivity index (χ2v) is 18.6. The van der Waals surface area contributed by atoms with Crippen LogP contribution in [0.15, 0.2) is 23.8 Å². The molecule has 0 bridgehead atoms. The molecule has 0 heterocycles. The number of fused-ring (bicyclic) bond motifs is 5. The van der Waals surface area contributed by atoms with Crippen molar-refractivity contribution in [2.75, 3.05) is 14.2 Å². The fraction of sp³-hybridized carbons (Fsp3) is 0.800. The van der Waals surface area contributed by atoms with Gasteiger partial charge in [-0.25, -0.2) is 0 Å². The minimum absolute atomic E-state index is 0.0396. The molecule has 202 valence electrons. The van der Waals surface area contributed by atoms with Crippen molar-refractivity contribution in [3.8, 4) is 0 Å². The lowest BCUT2D eigenvalue weighted by Crippen LogP contribution is -2.56. The molecule has 0 aromatic heterocycles. The lowest BCUT2D eigenvalue weighted by Gasteiger charge is -2.59. The standard InChI is InChI=1S/C30H48O5Si/c1-28(2,3)36(8,9)35-23-14-13-21-24-20(25(26(31)33-6)27(32)34-7)18-19-12-10-11-16-29(19,4)22(24)15-17-30(21,23)5/h10,12,18,20-25H,11,13-17H2,1-9H3/t20-,21-,22-,23-,24-,29-,30-/m0/s1. The summed E-state index contributed by atoms with van der Waals surface area (Å²) in [5.41, 5.74) is 1.40. The molecule has 4 aliphatic carbocycles. The van der Waals surface area contributed by atoms with Crippen LogP contribution in [0.3, 0.4) is 0 Å². The summed E-state index contributed by atoms with van der Waals surface area (Å²) >= 11 is 0. The van der Waals surface area contributed by atoms with Gasteiger partial charge in [0.2, 0.25) is 0 Å². The largest absolute Gasteiger partial charge is 0.468 e. The van der Waals surface area contributed by atoms with E-state index in [1.807, 2.05) is 0 Å². The summed E-state index contributed by atoms with van der Waals surface area (Å²) < 4.78 is 17.5. The highest BCUT2D eigenvalue weighted by Gasteiger charge is 2.63. The molecule has 36 heavy (non-hydrogen) atoms. The van der Waals surface area contributed by atoms with Crippen molar-refractivity contribution < 1.29 is 23.5 Å². The molecule has 7 atom stereocenters. The molecule has 0 amide bonds. The number of carbonyl (C=O) groups is 2. The van der Waals surface area contributed by atoms with Gasteiger partial charge in [-0.15, -0.1) is 0 Å². The minimum atomic E-state index is -1.94. The molecule has 0 saturated heterocycles. The van der Waals surface area contributed by atoms with E-state index in [4.69, 9.17) is 13.9 Å². The van der Waals surface area contributed by atoms with E-state index >= 15 is 0 Å². The van der Waals surface area contributed by atoms with Crippen LogP contribution in [0, 0.1) is 40.4 Å². The Labute approximate surface area is 219 Å². The van der Waals surface area contributed by atoms with E-state index in [1.54, 1.807) is 0 Å². The zero-order valence-corrected chi connectivity index (χ0v) is 25.0. The van der Waals surface area contributed by atoms with Gasteiger partial charge < -0.3 is 13.9 Å². The van der Waals surface area contributed by atoms with E-state index in [2.05, 4.69) is 65.9 Å². The maximum absolute atomic E-state index is 13.1. The molecule has 4 aliphatic rings. The molecule has 0 aliphatic heterocycles. The normalized spacial score (nSPS) is 38.1. The van der Waals surface area contributed by atoms with Gasteiger partial charge in [0, 0.05) is 5.92 Å². The van der Waals surface area contributed by atoms with Crippen molar-refractivity contribution >= 4 is 20.3 Å². The molecular weight excluding hydrogens is 468 g/mol. The number of hydrogen-bond acceptors (Lipinski definition) is 5. The van der Waals surface area contributed by atoms with Crippen LogP contribution in [0.5, 0.6) is 0 Å². The Morgan fingerprint density at radius 2 is 1.64 bits per heavy atom. The van der Waals surface area contributed by atoms with Gasteiger partial charge in [-0.2, -0.15) is 0 Å². The van der Waals surface area contributed by atoms with Crippen LogP contribution < -0.4 is 0 Å². The molecule has 4 rings (SSSR count). The topological polar surface area (TPSA) is 61.8 Å². The van der Waals surface area contributed by atoms with E-state index < -0.39 is 26.2 Å². The number of carbonyl (C=O) groups excluding carboxylic acids is 2. The lowest BCUT2D eigenvalue weighted by molar-refractivity contribution is -0.166. The molecule has 2 saturated carbocycles. The molecule has 6 heteroatoms. The van der Waals surface area contributed by atoms with E-state index in [0.717, 1.165) is 38.5 Å². The second-order valence-electron chi connectivity index (χ2n) is 13.9. The van der Waals surface area contributed by atoms with Crippen LogP contribution >= 0.6 is 0 Å². The van der Waals surface area contributed by atoms with Crippen LogP contribution in [0.1, 0.15) is 73.1 Å². The molecule has 5 nitrogen and oxygen atoms in total. The Bertz CT molecular complexity index is 929. The van der Waals surface area contributed by atoms with Gasteiger partial charge in [-0.05, 0) is 90.8 Å². The Hall–Kier alpha value is -1.40. The maximum Gasteiger partial charge on any atom is 0.320 e. The Morgan fingerprint density at radius 1 is 1.00 bits per heavy atom. The predicted molar refractivity (Wildman–Crippen MR) is 145 cm³/mol. The predicted octanol–water partition coefficient (Wildman–Crippen LogP) is 6.69. The summed E-state index contributed by atoms with van der Waals surface area (Å²) in [7, 11) is 0.815. The highest BCUT2D eigenvalue weighted by molar-refractivity contribution is 6.74. The van der Waals surface area contributed by atoms with Gasteiger partial charge in [0.15, 0.2) is 14.2 Å². The van der Waals surface area contributed by atoms with Crippen LogP contribution in [0.4, 0.5) is 0 Å². The van der Waals surface area contributed by atoms with E-state index in [-0.39, 0.29) is 33.8 Å². The number of hydrogen-bond donors (Lipinski definition) is 0. The first-order valence-corrected chi connectivity index (χ1v) is 16.8. The number of allylic oxidation sites excluding steroid dienone is 4. The smallest absolute Gasteiger partial charge is 0.320 e. The molecule has 2 fully saturated rings. The molecule has 0 spiro atoms. The Balaban J connectivity index is 1.79. The SMILES string of the molecule is COC(=O)C(C(=O)OC)[C@H]1C=C2C=CCC[C@]2(C)[C@H]2CC[C@]3(C)[C@@H](O[Si](C)(C)C(C)(C)C)CC[C@H]3[C@H]12. The van der Waals surface area contributed by atoms with Gasteiger partial charge >= 0.3 is 11.9 Å². The van der Waals surface area contributed by atoms with Crippen molar-refractivity contribution in [1.29, 1.82) is 0 Å². The number of ether oxygens (including phenoxy) is 2. The number of rotatable bonds is 5. The first-order valence-electron chi connectivity index (χ1n) is 13.9. The van der Waals surface area contributed by atoms with Crippen molar-refractivity contribution in [1.82, 2.24) is 0 Å². The summed E-state index contributed by atoms with van der Waals surface area (Å²) in [6, 6.07) is 0. The van der Waals surface area contributed by atoms with Crippen molar-refractivity contribution in [2.24, 2.45) is 40.4 Å². The van der Waals surface area contributed by atoms with Crippen LogP contribution in [-0.2, 0) is 23.5 Å². The average Bonchev–Trinajstić information content (AvgIpc) is 3.13.